The molecule has 53 heavy (non-hydrogen) atoms. The Hall–Kier alpha value is -4.84. The monoisotopic (exact) mass is 750 g/mol. The Labute approximate surface area is 317 Å². The summed E-state index contributed by atoms with van der Waals surface area (Å²) in [6.07, 6.45) is -3.61. The molecule has 0 bridgehead atoms. The molecule has 0 spiro atoms. The number of thiazole rings is 1. The second-order valence-corrected chi connectivity index (χ2v) is 16.5. The average molecular weight is 751 g/mol. The van der Waals surface area contributed by atoms with Gasteiger partial charge >= 0.3 is 0 Å². The standard InChI is InChI=1S/C42H43FN4O4S2/c1-27-37(52-26-45-27)30-22-20-29(21-23-30)24-44-39(50)36-35(43)34(49)25-47(36)40(51)38(46-28(2)48)41(3,4)53-42(31-14-8-5-9-15-31,32-16-10-6-11-17-32)33-18-12-7-13-19-33/h5-23,26,34-36,38,49H,24-25H2,1-4H3,(H,44,50)(H,46,48)/t34-,35-,36-,38+/m0/s1. The summed E-state index contributed by atoms with van der Waals surface area (Å²) >= 11 is 3.03. The number of aryl methyl sites for hydroxylation is 1. The highest BCUT2D eigenvalue weighted by atomic mass is 32.2. The van der Waals surface area contributed by atoms with Crippen LogP contribution in [0.4, 0.5) is 4.39 Å². The lowest BCUT2D eigenvalue weighted by Crippen LogP contribution is -2.61. The highest BCUT2D eigenvalue weighted by Crippen LogP contribution is 2.54. The number of amides is 3. The van der Waals surface area contributed by atoms with Gasteiger partial charge in [-0.2, -0.15) is 0 Å². The van der Waals surface area contributed by atoms with E-state index in [4.69, 9.17) is 0 Å². The SMILES string of the molecule is CC(=O)N[C@H](C(=O)N1C[C@H](O)[C@H](F)[C@H]1C(=O)NCc1ccc(-c2scnc2C)cc1)C(C)(C)SC(c1ccccc1)(c1ccccc1)c1ccccc1. The predicted octanol–water partition coefficient (Wildman–Crippen LogP) is 6.65. The van der Waals surface area contributed by atoms with Crippen molar-refractivity contribution in [3.63, 3.8) is 0 Å². The third kappa shape index (κ3) is 7.93. The Morgan fingerprint density at radius 2 is 1.43 bits per heavy atom. The lowest BCUT2D eigenvalue weighted by Gasteiger charge is -2.45. The third-order valence-corrected chi connectivity index (χ3v) is 12.4. The largest absolute Gasteiger partial charge is 0.388 e. The summed E-state index contributed by atoms with van der Waals surface area (Å²) in [6, 6.07) is 34.7. The lowest BCUT2D eigenvalue weighted by molar-refractivity contribution is -0.142. The van der Waals surface area contributed by atoms with Crippen LogP contribution in [0.25, 0.3) is 10.4 Å². The van der Waals surface area contributed by atoms with Crippen LogP contribution >= 0.6 is 23.1 Å². The maximum absolute atomic E-state index is 15.8. The number of hydrogen-bond donors (Lipinski definition) is 3. The number of nitrogens with zero attached hydrogens (tertiary/aromatic N) is 2. The maximum Gasteiger partial charge on any atom is 0.247 e. The van der Waals surface area contributed by atoms with Crippen LogP contribution in [0.2, 0.25) is 0 Å². The molecule has 1 aromatic heterocycles. The molecular weight excluding hydrogens is 708 g/mol. The van der Waals surface area contributed by atoms with Crippen molar-refractivity contribution in [3.8, 4) is 10.4 Å². The Bertz CT molecular complexity index is 1930. The van der Waals surface area contributed by atoms with Crippen LogP contribution in [0.15, 0.2) is 121 Å². The molecule has 3 amide bonds. The third-order valence-electron chi connectivity index (χ3n) is 9.62. The zero-order chi connectivity index (χ0) is 37.8. The fourth-order valence-electron chi connectivity index (χ4n) is 7.01. The molecule has 11 heteroatoms. The number of aliphatic hydroxyl groups is 1. The van der Waals surface area contributed by atoms with Crippen molar-refractivity contribution >= 4 is 40.8 Å². The Morgan fingerprint density at radius 1 is 0.906 bits per heavy atom. The molecule has 3 N–H and O–H groups in total. The zero-order valence-corrected chi connectivity index (χ0v) is 31.7. The van der Waals surface area contributed by atoms with Gasteiger partial charge in [-0.3, -0.25) is 14.4 Å². The maximum atomic E-state index is 15.8. The number of aliphatic hydroxyl groups excluding tert-OH is 1. The molecule has 2 heterocycles. The van der Waals surface area contributed by atoms with E-state index >= 15 is 4.39 Å². The first-order valence-corrected chi connectivity index (χ1v) is 19.2. The molecule has 8 nitrogen and oxygen atoms in total. The molecule has 5 aromatic rings. The molecule has 4 atom stereocenters. The van der Waals surface area contributed by atoms with E-state index in [0.29, 0.717) is 0 Å². The van der Waals surface area contributed by atoms with Gasteiger partial charge in [-0.25, -0.2) is 9.37 Å². The van der Waals surface area contributed by atoms with Gasteiger partial charge in [0, 0.05) is 18.2 Å². The van der Waals surface area contributed by atoms with Crippen LogP contribution in [0.3, 0.4) is 0 Å². The van der Waals surface area contributed by atoms with Crippen LogP contribution in [0, 0.1) is 6.92 Å². The minimum Gasteiger partial charge on any atom is -0.388 e. The van der Waals surface area contributed by atoms with E-state index in [0.717, 1.165) is 43.3 Å². The second-order valence-electron chi connectivity index (χ2n) is 13.7. The van der Waals surface area contributed by atoms with Gasteiger partial charge in [-0.1, -0.05) is 115 Å². The lowest BCUT2D eigenvalue weighted by atomic mass is 9.84. The van der Waals surface area contributed by atoms with E-state index in [-0.39, 0.29) is 6.54 Å². The normalized spacial score (nSPS) is 18.0. The van der Waals surface area contributed by atoms with Crippen molar-refractivity contribution in [1.82, 2.24) is 20.5 Å². The van der Waals surface area contributed by atoms with Crippen molar-refractivity contribution < 1.29 is 23.9 Å². The zero-order valence-electron chi connectivity index (χ0n) is 30.0. The van der Waals surface area contributed by atoms with Crippen molar-refractivity contribution in [3.05, 3.63) is 149 Å². The first-order chi connectivity index (χ1) is 25.4. The quantitative estimate of drug-likeness (QED) is 0.123. The van der Waals surface area contributed by atoms with Crippen LogP contribution in [0.1, 0.15) is 48.7 Å². The van der Waals surface area contributed by atoms with E-state index < -0.39 is 58.1 Å². The summed E-state index contributed by atoms with van der Waals surface area (Å²) in [6.45, 7) is 6.68. The Kier molecular flexibility index (Phi) is 11.5. The number of alkyl halides is 1. The number of aromatic nitrogens is 1. The van der Waals surface area contributed by atoms with Gasteiger partial charge in [-0.05, 0) is 48.6 Å². The molecule has 1 aliphatic heterocycles. The van der Waals surface area contributed by atoms with Crippen LogP contribution in [-0.2, 0) is 25.7 Å². The number of nitrogens with one attached hydrogen (secondary N) is 2. The fraction of sp³-hybridized carbons (Fsp3) is 0.286. The van der Waals surface area contributed by atoms with Gasteiger partial charge in [0.25, 0.3) is 0 Å². The van der Waals surface area contributed by atoms with Crippen molar-refractivity contribution in [2.75, 3.05) is 6.54 Å². The van der Waals surface area contributed by atoms with Crippen molar-refractivity contribution in [2.24, 2.45) is 0 Å². The van der Waals surface area contributed by atoms with Crippen LogP contribution in [0.5, 0.6) is 0 Å². The summed E-state index contributed by atoms with van der Waals surface area (Å²) in [5.41, 5.74) is 7.37. The molecule has 0 saturated carbocycles. The molecule has 1 aliphatic rings. The van der Waals surface area contributed by atoms with E-state index in [1.807, 2.05) is 136 Å². The van der Waals surface area contributed by atoms with E-state index in [1.54, 1.807) is 16.8 Å². The van der Waals surface area contributed by atoms with Gasteiger partial charge in [0.15, 0.2) is 6.17 Å². The second kappa shape index (κ2) is 16.0. The number of likely N-dealkylation sites (tertiary alicyclic amines) is 1. The van der Waals surface area contributed by atoms with Crippen molar-refractivity contribution in [2.45, 2.75) is 68.1 Å². The number of halogens is 1. The van der Waals surface area contributed by atoms with Crippen molar-refractivity contribution in [1.29, 1.82) is 0 Å². The van der Waals surface area contributed by atoms with Gasteiger partial charge in [0.2, 0.25) is 17.7 Å². The summed E-state index contributed by atoms with van der Waals surface area (Å²) in [7, 11) is 0. The Balaban J connectivity index is 1.31. The first kappa shape index (κ1) is 37.9. The minimum absolute atomic E-state index is 0.0896. The fourth-order valence-corrected chi connectivity index (χ4v) is 9.65. The number of hydrogen-bond acceptors (Lipinski definition) is 7. The van der Waals surface area contributed by atoms with E-state index in [9.17, 15) is 19.5 Å². The number of thioether (sulfide) groups is 1. The van der Waals surface area contributed by atoms with Gasteiger partial charge in [0.1, 0.15) is 18.2 Å². The van der Waals surface area contributed by atoms with Gasteiger partial charge in [0.05, 0.1) is 27.4 Å². The molecular formula is C42H43FN4O4S2. The highest BCUT2D eigenvalue weighted by Gasteiger charge is 2.53. The van der Waals surface area contributed by atoms with Gasteiger partial charge in [-0.15, -0.1) is 23.1 Å². The number of carbonyl (C=O) groups is 3. The minimum atomic E-state index is -2.03. The van der Waals surface area contributed by atoms with E-state index in [2.05, 4.69) is 15.6 Å². The summed E-state index contributed by atoms with van der Waals surface area (Å²) in [5, 5.41) is 16.3. The summed E-state index contributed by atoms with van der Waals surface area (Å²) in [4.78, 5) is 47.7. The topological polar surface area (TPSA) is 112 Å². The molecule has 1 saturated heterocycles. The van der Waals surface area contributed by atoms with Gasteiger partial charge < -0.3 is 20.6 Å². The Morgan fingerprint density at radius 3 is 1.91 bits per heavy atom. The number of benzene rings is 4. The predicted molar refractivity (Wildman–Crippen MR) is 209 cm³/mol. The summed E-state index contributed by atoms with van der Waals surface area (Å²) < 4.78 is 13.8. The molecule has 6 rings (SSSR count). The molecule has 0 aliphatic carbocycles. The van der Waals surface area contributed by atoms with Crippen LogP contribution in [-0.4, -0.2) is 68.4 Å². The number of rotatable bonds is 12. The first-order valence-electron chi connectivity index (χ1n) is 17.5. The molecule has 0 unspecified atom stereocenters. The molecule has 274 valence electrons. The number of β-amino-alcohol motifs (C(OH)–C–C–N with tert-alkyl or cyclic N) is 1. The average Bonchev–Trinajstić information content (AvgIpc) is 3.74. The van der Waals surface area contributed by atoms with E-state index in [1.165, 1.54) is 18.7 Å². The smallest absolute Gasteiger partial charge is 0.247 e. The molecule has 0 radical (unpaired) electrons. The number of carbonyl (C=O) groups excluding carboxylic acids is 3. The van der Waals surface area contributed by atoms with Crippen LogP contribution < -0.4 is 10.6 Å². The molecule has 4 aromatic carbocycles. The molecule has 1 fully saturated rings. The summed E-state index contributed by atoms with van der Waals surface area (Å²) in [5.74, 6) is -1.86. The highest BCUT2D eigenvalue weighted by molar-refractivity contribution is 8.02.